The van der Waals surface area contributed by atoms with Crippen molar-refractivity contribution in [1.82, 2.24) is 4.31 Å². The van der Waals surface area contributed by atoms with Gasteiger partial charge in [-0.25, -0.2) is 12.7 Å². The Balaban J connectivity index is 2.44. The number of thiophene rings is 1. The molecule has 98 valence electrons. The highest BCUT2D eigenvalue weighted by atomic mass is 32.2. The first-order valence-corrected chi connectivity index (χ1v) is 8.68. The lowest BCUT2D eigenvalue weighted by Gasteiger charge is -2.22. The summed E-state index contributed by atoms with van der Waals surface area (Å²) in [5.74, 6) is 0.750. The van der Waals surface area contributed by atoms with Crippen molar-refractivity contribution >= 4 is 34.0 Å². The summed E-state index contributed by atoms with van der Waals surface area (Å²) < 4.78 is 25.3. The molecule has 0 aliphatic carbocycles. The Morgan fingerprint density at radius 2 is 2.24 bits per heavy atom. The summed E-state index contributed by atoms with van der Waals surface area (Å²) in [7, 11) is -1.51. The smallest absolute Gasteiger partial charge is 0.212 e. The molecule has 0 saturated carbocycles. The second-order valence-electron chi connectivity index (χ2n) is 4.05. The Labute approximate surface area is 113 Å². The number of rotatable bonds is 7. The van der Waals surface area contributed by atoms with Gasteiger partial charge in [-0.15, -0.1) is 11.3 Å². The summed E-state index contributed by atoms with van der Waals surface area (Å²) in [6, 6.07) is 3.98. The Morgan fingerprint density at radius 1 is 1.53 bits per heavy atom. The highest BCUT2D eigenvalue weighted by Gasteiger charge is 2.21. The summed E-state index contributed by atoms with van der Waals surface area (Å²) >= 11 is 5.79. The Bertz CT molecular complexity index is 414. The van der Waals surface area contributed by atoms with Crippen LogP contribution in [0.2, 0.25) is 0 Å². The third-order valence-electron chi connectivity index (χ3n) is 2.73. The van der Waals surface area contributed by atoms with Crippen LogP contribution in [0.25, 0.3) is 0 Å². The second-order valence-corrected chi connectivity index (χ2v) is 7.59. The van der Waals surface area contributed by atoms with Crippen LogP contribution in [0.4, 0.5) is 0 Å². The molecule has 1 heterocycles. The maximum Gasteiger partial charge on any atom is 0.214 e. The minimum absolute atomic E-state index is 0.0509. The number of hydrogen-bond acceptors (Lipinski definition) is 4. The van der Waals surface area contributed by atoms with Crippen molar-refractivity contribution in [2.75, 3.05) is 18.6 Å². The molecule has 0 bridgehead atoms. The third kappa shape index (κ3) is 4.62. The van der Waals surface area contributed by atoms with Crippen LogP contribution in [0.3, 0.4) is 0 Å². The standard InChI is InChI=1S/C11H19NO2S3/c1-10(9-15)12(2)17(13,14)8-4-6-11-5-3-7-16-11/h3,5,7,10,15H,4,6,8-9H2,1-2H3/t10-/m1/s1. The Morgan fingerprint density at radius 3 is 2.76 bits per heavy atom. The van der Waals surface area contributed by atoms with Crippen LogP contribution >= 0.6 is 24.0 Å². The average molecular weight is 293 g/mol. The lowest BCUT2D eigenvalue weighted by molar-refractivity contribution is 0.414. The van der Waals surface area contributed by atoms with Crippen molar-refractivity contribution in [3.05, 3.63) is 22.4 Å². The van der Waals surface area contributed by atoms with Gasteiger partial charge in [0, 0.05) is 23.7 Å². The van der Waals surface area contributed by atoms with Crippen LogP contribution in [0, 0.1) is 0 Å². The quantitative estimate of drug-likeness (QED) is 0.783. The summed E-state index contributed by atoms with van der Waals surface area (Å²) in [5, 5.41) is 2.01. The molecule has 0 unspecified atom stereocenters. The van der Waals surface area contributed by atoms with Gasteiger partial charge in [0.2, 0.25) is 10.0 Å². The minimum atomic E-state index is -3.14. The first-order chi connectivity index (χ1) is 7.97. The highest BCUT2D eigenvalue weighted by Crippen LogP contribution is 2.13. The molecule has 0 N–H and O–H groups in total. The van der Waals surface area contributed by atoms with E-state index in [-0.39, 0.29) is 11.8 Å². The van der Waals surface area contributed by atoms with E-state index in [0.717, 1.165) is 6.42 Å². The SMILES string of the molecule is C[C@H](CS)N(C)S(=O)(=O)CCCc1cccs1. The number of nitrogens with zero attached hydrogens (tertiary/aromatic N) is 1. The van der Waals surface area contributed by atoms with Gasteiger partial charge in [-0.3, -0.25) is 0 Å². The van der Waals surface area contributed by atoms with Gasteiger partial charge in [0.05, 0.1) is 5.75 Å². The Hall–Kier alpha value is -0.0400. The van der Waals surface area contributed by atoms with E-state index in [4.69, 9.17) is 0 Å². The van der Waals surface area contributed by atoms with Crippen LogP contribution in [-0.4, -0.2) is 37.3 Å². The van der Waals surface area contributed by atoms with E-state index in [1.165, 1.54) is 9.18 Å². The van der Waals surface area contributed by atoms with Crippen molar-refractivity contribution < 1.29 is 8.42 Å². The average Bonchev–Trinajstić information content (AvgIpc) is 2.79. The monoisotopic (exact) mass is 293 g/mol. The zero-order valence-electron chi connectivity index (χ0n) is 10.2. The molecule has 0 aromatic carbocycles. The van der Waals surface area contributed by atoms with Crippen LogP contribution in [0.15, 0.2) is 17.5 Å². The summed E-state index contributed by atoms with van der Waals surface area (Å²) in [6.07, 6.45) is 1.51. The van der Waals surface area contributed by atoms with E-state index in [1.807, 2.05) is 24.4 Å². The van der Waals surface area contributed by atoms with Crippen LogP contribution in [0.5, 0.6) is 0 Å². The highest BCUT2D eigenvalue weighted by molar-refractivity contribution is 7.89. The van der Waals surface area contributed by atoms with Crippen LogP contribution in [0.1, 0.15) is 18.2 Å². The van der Waals surface area contributed by atoms with Crippen LogP contribution < -0.4 is 0 Å². The molecule has 0 spiro atoms. The molecular weight excluding hydrogens is 274 g/mol. The molecule has 6 heteroatoms. The fraction of sp³-hybridized carbons (Fsp3) is 0.636. The zero-order chi connectivity index (χ0) is 12.9. The molecular formula is C11H19NO2S3. The molecule has 0 amide bonds. The van der Waals surface area contributed by atoms with Gasteiger partial charge < -0.3 is 0 Å². The van der Waals surface area contributed by atoms with Crippen molar-refractivity contribution in [3.8, 4) is 0 Å². The van der Waals surface area contributed by atoms with Gasteiger partial charge in [-0.2, -0.15) is 12.6 Å². The third-order valence-corrected chi connectivity index (χ3v) is 6.24. The first-order valence-electron chi connectivity index (χ1n) is 5.56. The van der Waals surface area contributed by atoms with Crippen molar-refractivity contribution in [2.24, 2.45) is 0 Å². The second kappa shape index (κ2) is 6.78. The lowest BCUT2D eigenvalue weighted by atomic mass is 10.3. The van der Waals surface area contributed by atoms with E-state index in [1.54, 1.807) is 18.4 Å². The minimum Gasteiger partial charge on any atom is -0.212 e. The molecule has 0 aliphatic heterocycles. The fourth-order valence-corrected chi connectivity index (χ4v) is 3.94. The Kier molecular flexibility index (Phi) is 5.99. The van der Waals surface area contributed by atoms with E-state index in [2.05, 4.69) is 12.6 Å². The van der Waals surface area contributed by atoms with E-state index in [0.29, 0.717) is 12.2 Å². The molecule has 0 radical (unpaired) electrons. The maximum atomic E-state index is 12.0. The van der Waals surface area contributed by atoms with Crippen molar-refractivity contribution in [2.45, 2.75) is 25.8 Å². The van der Waals surface area contributed by atoms with E-state index < -0.39 is 10.0 Å². The fourth-order valence-electron chi connectivity index (χ4n) is 1.42. The molecule has 17 heavy (non-hydrogen) atoms. The number of thiol groups is 1. The molecule has 0 aliphatic rings. The summed E-state index contributed by atoms with van der Waals surface area (Å²) in [6.45, 7) is 1.86. The van der Waals surface area contributed by atoms with Crippen molar-refractivity contribution in [1.29, 1.82) is 0 Å². The van der Waals surface area contributed by atoms with Gasteiger partial charge >= 0.3 is 0 Å². The maximum absolute atomic E-state index is 12.0. The number of sulfonamides is 1. The normalized spacial score (nSPS) is 14.1. The van der Waals surface area contributed by atoms with E-state index in [9.17, 15) is 8.42 Å². The molecule has 0 saturated heterocycles. The predicted octanol–water partition coefficient (Wildman–Crippen LogP) is 2.26. The van der Waals surface area contributed by atoms with E-state index >= 15 is 0 Å². The molecule has 1 aromatic rings. The van der Waals surface area contributed by atoms with Gasteiger partial charge in [0.25, 0.3) is 0 Å². The number of aryl methyl sites for hydroxylation is 1. The molecule has 1 atom stereocenters. The summed E-state index contributed by atoms with van der Waals surface area (Å²) in [5.41, 5.74) is 0. The number of hydrogen-bond donors (Lipinski definition) is 1. The van der Waals surface area contributed by atoms with Crippen LogP contribution in [-0.2, 0) is 16.4 Å². The molecule has 1 rings (SSSR count). The predicted molar refractivity (Wildman–Crippen MR) is 77.5 cm³/mol. The molecule has 1 aromatic heterocycles. The zero-order valence-corrected chi connectivity index (χ0v) is 12.7. The van der Waals surface area contributed by atoms with Crippen molar-refractivity contribution in [3.63, 3.8) is 0 Å². The molecule has 0 fully saturated rings. The van der Waals surface area contributed by atoms with Gasteiger partial charge in [-0.1, -0.05) is 6.07 Å². The first kappa shape index (κ1) is 15.0. The lowest BCUT2D eigenvalue weighted by Crippen LogP contribution is -2.37. The topological polar surface area (TPSA) is 37.4 Å². The van der Waals surface area contributed by atoms with Gasteiger partial charge in [0.1, 0.15) is 0 Å². The summed E-state index contributed by atoms with van der Waals surface area (Å²) in [4.78, 5) is 1.24. The molecule has 3 nitrogen and oxygen atoms in total. The van der Waals surface area contributed by atoms with Gasteiger partial charge in [-0.05, 0) is 31.2 Å². The largest absolute Gasteiger partial charge is 0.214 e. The van der Waals surface area contributed by atoms with Gasteiger partial charge in [0.15, 0.2) is 0 Å².